The molecule has 1 saturated heterocycles. The number of oxazole rings is 1. The molecular weight excluding hydrogens is 480 g/mol. The summed E-state index contributed by atoms with van der Waals surface area (Å²) in [5.74, 6) is 1.96. The highest BCUT2D eigenvalue weighted by atomic mass is 32.2. The SMILES string of the molecule is CC(=O)c1cccc(S(=O)(=O)N2CCC(c3ccccc3)(c3nc(Cc4cnc(C)o4)no3)CC2)c1. The van der Waals surface area contributed by atoms with Gasteiger partial charge in [-0.25, -0.2) is 13.4 Å². The second-order valence-electron chi connectivity index (χ2n) is 8.97. The molecule has 1 fully saturated rings. The van der Waals surface area contributed by atoms with E-state index in [0.29, 0.717) is 48.2 Å². The minimum absolute atomic E-state index is 0.116. The second-order valence-corrected chi connectivity index (χ2v) is 10.9. The zero-order chi connectivity index (χ0) is 25.3. The number of benzene rings is 2. The zero-order valence-electron chi connectivity index (χ0n) is 20.0. The van der Waals surface area contributed by atoms with Gasteiger partial charge < -0.3 is 8.94 Å². The Balaban J connectivity index is 1.43. The maximum atomic E-state index is 13.4. The molecule has 0 N–H and O–H groups in total. The van der Waals surface area contributed by atoms with E-state index in [4.69, 9.17) is 13.9 Å². The van der Waals surface area contributed by atoms with Crippen LogP contribution in [0.5, 0.6) is 0 Å². The van der Waals surface area contributed by atoms with Crippen LogP contribution < -0.4 is 0 Å². The molecule has 0 bridgehead atoms. The van der Waals surface area contributed by atoms with Crippen molar-refractivity contribution in [3.63, 3.8) is 0 Å². The first kappa shape index (κ1) is 24.1. The fourth-order valence-corrected chi connectivity index (χ4v) is 6.17. The van der Waals surface area contributed by atoms with Gasteiger partial charge in [0.1, 0.15) is 5.76 Å². The highest BCUT2D eigenvalue weighted by molar-refractivity contribution is 7.89. The van der Waals surface area contributed by atoms with Gasteiger partial charge in [0.05, 0.1) is 22.9 Å². The van der Waals surface area contributed by atoms with Crippen LogP contribution in [-0.4, -0.2) is 46.7 Å². The lowest BCUT2D eigenvalue weighted by Crippen LogP contribution is -2.46. The van der Waals surface area contributed by atoms with Gasteiger partial charge in [0, 0.05) is 25.6 Å². The zero-order valence-corrected chi connectivity index (χ0v) is 20.9. The molecule has 0 saturated carbocycles. The lowest BCUT2D eigenvalue weighted by Gasteiger charge is -2.39. The van der Waals surface area contributed by atoms with E-state index >= 15 is 0 Å². The molecule has 0 amide bonds. The van der Waals surface area contributed by atoms with Crippen LogP contribution in [0.25, 0.3) is 0 Å². The van der Waals surface area contributed by atoms with Crippen molar-refractivity contribution < 1.29 is 22.2 Å². The van der Waals surface area contributed by atoms with E-state index in [2.05, 4.69) is 10.1 Å². The number of aryl methyl sites for hydroxylation is 1. The van der Waals surface area contributed by atoms with E-state index in [0.717, 1.165) is 5.56 Å². The van der Waals surface area contributed by atoms with Crippen LogP contribution in [-0.2, 0) is 21.9 Å². The Labute approximate surface area is 209 Å². The molecule has 1 aliphatic heterocycles. The number of rotatable bonds is 7. The summed E-state index contributed by atoms with van der Waals surface area (Å²) in [5.41, 5.74) is 0.732. The van der Waals surface area contributed by atoms with Crippen LogP contribution >= 0.6 is 0 Å². The van der Waals surface area contributed by atoms with Crippen LogP contribution in [0.2, 0.25) is 0 Å². The number of Topliss-reactive ketones (excluding diaryl/α,β-unsaturated/α-hetero) is 1. The van der Waals surface area contributed by atoms with E-state index in [9.17, 15) is 13.2 Å². The van der Waals surface area contributed by atoms with Crippen LogP contribution in [0.3, 0.4) is 0 Å². The molecule has 5 rings (SSSR count). The van der Waals surface area contributed by atoms with Gasteiger partial charge in [0.15, 0.2) is 17.5 Å². The predicted octanol–water partition coefficient (Wildman–Crippen LogP) is 3.93. The molecular formula is C26H26N4O5S. The molecule has 0 spiro atoms. The summed E-state index contributed by atoms with van der Waals surface area (Å²) in [6, 6.07) is 16.0. The highest BCUT2D eigenvalue weighted by Crippen LogP contribution is 2.42. The topological polar surface area (TPSA) is 119 Å². The number of hydrogen-bond donors (Lipinski definition) is 0. The Morgan fingerprint density at radius 3 is 2.50 bits per heavy atom. The predicted molar refractivity (Wildman–Crippen MR) is 130 cm³/mol. The van der Waals surface area contributed by atoms with Gasteiger partial charge in [-0.05, 0) is 37.5 Å². The van der Waals surface area contributed by atoms with Gasteiger partial charge in [-0.3, -0.25) is 4.79 Å². The first-order valence-electron chi connectivity index (χ1n) is 11.7. The van der Waals surface area contributed by atoms with Crippen molar-refractivity contribution >= 4 is 15.8 Å². The summed E-state index contributed by atoms with van der Waals surface area (Å²) >= 11 is 0. The number of piperidine rings is 1. The summed E-state index contributed by atoms with van der Waals surface area (Å²) in [6.07, 6.45) is 2.92. The van der Waals surface area contributed by atoms with Crippen LogP contribution in [0.4, 0.5) is 0 Å². The number of sulfonamides is 1. The molecule has 0 unspecified atom stereocenters. The smallest absolute Gasteiger partial charge is 0.243 e. The summed E-state index contributed by atoms with van der Waals surface area (Å²) < 4.78 is 39.6. The van der Waals surface area contributed by atoms with E-state index in [-0.39, 0.29) is 23.8 Å². The molecule has 10 heteroatoms. The van der Waals surface area contributed by atoms with E-state index in [1.54, 1.807) is 25.3 Å². The lowest BCUT2D eigenvalue weighted by molar-refractivity contribution is 0.101. The van der Waals surface area contributed by atoms with Gasteiger partial charge in [-0.2, -0.15) is 9.29 Å². The van der Waals surface area contributed by atoms with Gasteiger partial charge in [0.2, 0.25) is 15.9 Å². The van der Waals surface area contributed by atoms with Crippen molar-refractivity contribution in [1.29, 1.82) is 0 Å². The second kappa shape index (κ2) is 9.44. The summed E-state index contributed by atoms with van der Waals surface area (Å²) in [5, 5.41) is 4.17. The monoisotopic (exact) mass is 506 g/mol. The number of carbonyl (C=O) groups is 1. The molecule has 0 atom stereocenters. The van der Waals surface area contributed by atoms with Gasteiger partial charge in [-0.15, -0.1) is 0 Å². The molecule has 0 radical (unpaired) electrons. The number of ketones is 1. The largest absolute Gasteiger partial charge is 0.446 e. The maximum Gasteiger partial charge on any atom is 0.243 e. The Hall–Kier alpha value is -3.63. The minimum Gasteiger partial charge on any atom is -0.446 e. The summed E-state index contributed by atoms with van der Waals surface area (Å²) in [6.45, 7) is 3.72. The maximum absolute atomic E-state index is 13.4. The fraction of sp³-hybridized carbons (Fsp3) is 0.308. The molecule has 4 aromatic rings. The molecule has 1 aliphatic rings. The number of aromatic nitrogens is 3. The lowest BCUT2D eigenvalue weighted by atomic mass is 9.73. The molecule has 2 aromatic heterocycles. The molecule has 36 heavy (non-hydrogen) atoms. The molecule has 3 heterocycles. The molecule has 0 aliphatic carbocycles. The quantitative estimate of drug-likeness (QED) is 0.346. The standard InChI is InChI=1S/C26H26N4O5S/c1-18(31)20-7-6-10-23(15-20)36(32,33)30-13-11-26(12-14-30,21-8-4-3-5-9-21)25-28-24(29-35-25)16-22-17-27-19(2)34-22/h3-10,15,17H,11-14,16H2,1-2H3. The van der Waals surface area contributed by atoms with Crippen LogP contribution in [0.1, 0.15) is 59.1 Å². The Morgan fingerprint density at radius 2 is 1.83 bits per heavy atom. The Morgan fingerprint density at radius 1 is 1.08 bits per heavy atom. The first-order chi connectivity index (χ1) is 17.3. The first-order valence-corrected chi connectivity index (χ1v) is 13.1. The summed E-state index contributed by atoms with van der Waals surface area (Å²) in [7, 11) is -3.77. The van der Waals surface area contributed by atoms with E-state index in [1.807, 2.05) is 30.3 Å². The Bertz CT molecular complexity index is 1490. The van der Waals surface area contributed by atoms with Crippen LogP contribution in [0, 0.1) is 6.92 Å². The average molecular weight is 507 g/mol. The molecule has 186 valence electrons. The fourth-order valence-electron chi connectivity index (χ4n) is 4.68. The van der Waals surface area contributed by atoms with Gasteiger partial charge in [0.25, 0.3) is 0 Å². The van der Waals surface area contributed by atoms with Crippen molar-refractivity contribution in [3.05, 3.63) is 95.3 Å². The van der Waals surface area contributed by atoms with Crippen molar-refractivity contribution in [3.8, 4) is 0 Å². The highest BCUT2D eigenvalue weighted by Gasteiger charge is 2.45. The third-order valence-electron chi connectivity index (χ3n) is 6.66. The number of hydrogen-bond acceptors (Lipinski definition) is 8. The van der Waals surface area contributed by atoms with Gasteiger partial charge >= 0.3 is 0 Å². The normalized spacial score (nSPS) is 16.2. The van der Waals surface area contributed by atoms with Crippen LogP contribution in [0.15, 0.2) is 74.6 Å². The van der Waals surface area contributed by atoms with Crippen molar-refractivity contribution in [2.45, 2.75) is 43.4 Å². The average Bonchev–Trinajstić information content (AvgIpc) is 3.54. The van der Waals surface area contributed by atoms with Crippen molar-refractivity contribution in [2.24, 2.45) is 0 Å². The van der Waals surface area contributed by atoms with Crippen molar-refractivity contribution in [1.82, 2.24) is 19.4 Å². The molecule has 2 aromatic carbocycles. The van der Waals surface area contributed by atoms with Crippen molar-refractivity contribution in [2.75, 3.05) is 13.1 Å². The third-order valence-corrected chi connectivity index (χ3v) is 8.55. The minimum atomic E-state index is -3.77. The van der Waals surface area contributed by atoms with Gasteiger partial charge in [-0.1, -0.05) is 47.6 Å². The third kappa shape index (κ3) is 4.49. The Kier molecular flexibility index (Phi) is 6.31. The number of nitrogens with zero attached hydrogens (tertiary/aromatic N) is 4. The number of carbonyl (C=O) groups excluding carboxylic acids is 1. The van der Waals surface area contributed by atoms with E-state index in [1.165, 1.54) is 23.4 Å². The molecule has 9 nitrogen and oxygen atoms in total. The van der Waals surface area contributed by atoms with E-state index < -0.39 is 15.4 Å². The summed E-state index contributed by atoms with van der Waals surface area (Å²) in [4.78, 5) is 20.7.